The number of terminal acetylenes is 1. The molecule has 2 aliphatic rings. The van der Waals surface area contributed by atoms with Crippen molar-refractivity contribution in [2.75, 3.05) is 13.2 Å². The SMILES string of the molecule is C#CCCC(=O)C[C@@H]1OC(CO)[C@@H](O[C@@H]2OC(CO)[C@H](O)C(O)CC2O)C(O)C1O. The van der Waals surface area contributed by atoms with Gasteiger partial charge in [-0.05, 0) is 0 Å². The Morgan fingerprint density at radius 3 is 2.20 bits per heavy atom. The third-order valence-corrected chi connectivity index (χ3v) is 5.29. The van der Waals surface area contributed by atoms with Crippen LogP contribution in [0, 0.1) is 12.3 Å². The molecular formula is C19H30O11. The number of ketones is 1. The van der Waals surface area contributed by atoms with E-state index in [2.05, 4.69) is 5.92 Å². The zero-order chi connectivity index (χ0) is 22.4. The zero-order valence-electron chi connectivity index (χ0n) is 16.4. The van der Waals surface area contributed by atoms with Gasteiger partial charge in [-0.3, -0.25) is 4.79 Å². The van der Waals surface area contributed by atoms with Gasteiger partial charge in [0.15, 0.2) is 6.29 Å². The fourth-order valence-corrected chi connectivity index (χ4v) is 3.56. The second-order valence-electron chi connectivity index (χ2n) is 7.51. The fraction of sp³-hybridized carbons (Fsp3) is 0.842. The number of rotatable bonds is 8. The van der Waals surface area contributed by atoms with Crippen LogP contribution in [0.5, 0.6) is 0 Å². The molecule has 7 N–H and O–H groups in total. The highest BCUT2D eigenvalue weighted by atomic mass is 16.7. The minimum absolute atomic E-state index is 0.0816. The van der Waals surface area contributed by atoms with Gasteiger partial charge in [0.1, 0.15) is 48.5 Å². The van der Waals surface area contributed by atoms with Crippen molar-refractivity contribution >= 4 is 5.78 Å². The van der Waals surface area contributed by atoms with E-state index >= 15 is 0 Å². The molecule has 0 saturated carbocycles. The Kier molecular flexibility index (Phi) is 9.58. The smallest absolute Gasteiger partial charge is 0.184 e. The molecule has 2 fully saturated rings. The molecule has 0 aromatic heterocycles. The van der Waals surface area contributed by atoms with Crippen molar-refractivity contribution < 1.29 is 54.8 Å². The van der Waals surface area contributed by atoms with E-state index in [1.807, 2.05) is 0 Å². The van der Waals surface area contributed by atoms with Crippen LogP contribution in [0.4, 0.5) is 0 Å². The lowest BCUT2D eigenvalue weighted by atomic mass is 9.91. The number of hydrogen-bond donors (Lipinski definition) is 7. The lowest BCUT2D eigenvalue weighted by molar-refractivity contribution is -0.305. The molecule has 2 saturated heterocycles. The minimum atomic E-state index is -1.61. The van der Waals surface area contributed by atoms with E-state index in [1.54, 1.807) is 0 Å². The van der Waals surface area contributed by atoms with Crippen LogP contribution in [0.15, 0.2) is 0 Å². The van der Waals surface area contributed by atoms with Crippen molar-refractivity contribution in [2.45, 2.75) is 86.9 Å². The Morgan fingerprint density at radius 1 is 0.933 bits per heavy atom. The normalized spacial score (nSPS) is 42.3. The molecule has 0 spiro atoms. The first-order valence-electron chi connectivity index (χ1n) is 9.77. The highest BCUT2D eigenvalue weighted by molar-refractivity contribution is 5.79. The van der Waals surface area contributed by atoms with Gasteiger partial charge in [0.2, 0.25) is 0 Å². The van der Waals surface area contributed by atoms with Crippen molar-refractivity contribution in [2.24, 2.45) is 0 Å². The highest BCUT2D eigenvalue weighted by Crippen LogP contribution is 2.29. The van der Waals surface area contributed by atoms with E-state index in [9.17, 15) is 40.5 Å². The number of aliphatic hydroxyl groups excluding tert-OH is 7. The summed E-state index contributed by atoms with van der Waals surface area (Å²) in [6.45, 7) is -1.32. The number of ether oxygens (including phenoxy) is 3. The average molecular weight is 434 g/mol. The molecule has 0 aromatic rings. The van der Waals surface area contributed by atoms with Crippen LogP contribution >= 0.6 is 0 Å². The highest BCUT2D eigenvalue weighted by Gasteiger charge is 2.48. The molecular weight excluding hydrogens is 404 g/mol. The Balaban J connectivity index is 2.09. The van der Waals surface area contributed by atoms with E-state index in [1.165, 1.54) is 0 Å². The minimum Gasteiger partial charge on any atom is -0.394 e. The van der Waals surface area contributed by atoms with Crippen molar-refractivity contribution in [1.29, 1.82) is 0 Å². The monoisotopic (exact) mass is 434 g/mol. The van der Waals surface area contributed by atoms with Gasteiger partial charge in [0.25, 0.3) is 0 Å². The predicted molar refractivity (Wildman–Crippen MR) is 98.7 cm³/mol. The number of hydrogen-bond acceptors (Lipinski definition) is 11. The van der Waals surface area contributed by atoms with Crippen molar-refractivity contribution in [3.05, 3.63) is 0 Å². The molecule has 2 aliphatic heterocycles. The van der Waals surface area contributed by atoms with Crippen LogP contribution in [0.25, 0.3) is 0 Å². The largest absolute Gasteiger partial charge is 0.394 e. The van der Waals surface area contributed by atoms with Gasteiger partial charge < -0.3 is 50.0 Å². The second kappa shape index (κ2) is 11.4. The van der Waals surface area contributed by atoms with E-state index in [0.29, 0.717) is 0 Å². The summed E-state index contributed by atoms with van der Waals surface area (Å²) in [5, 5.41) is 69.9. The van der Waals surface area contributed by atoms with Gasteiger partial charge >= 0.3 is 0 Å². The lowest BCUT2D eigenvalue weighted by Crippen LogP contribution is -2.61. The Bertz CT molecular complexity index is 592. The standard InChI is InChI=1S/C19H30O11/c1-2-3-4-9(22)5-12-16(26)17(27)18(14(8-21)28-12)30-19-11(24)6-10(23)15(25)13(7-20)29-19/h1,10-21,23-27H,3-8H2/t10?,11?,12-,13?,14?,15+,16?,17?,18+,19-/m0/s1. The first kappa shape index (κ1) is 25.1. The summed E-state index contributed by atoms with van der Waals surface area (Å²) in [5.41, 5.74) is 0. The van der Waals surface area contributed by atoms with Gasteiger partial charge in [0, 0.05) is 25.7 Å². The molecule has 0 aromatic carbocycles. The number of aliphatic hydroxyl groups is 7. The Morgan fingerprint density at radius 2 is 1.60 bits per heavy atom. The molecule has 2 rings (SSSR count). The molecule has 0 amide bonds. The van der Waals surface area contributed by atoms with Gasteiger partial charge in [0.05, 0.1) is 25.4 Å². The topological polar surface area (TPSA) is 186 Å². The van der Waals surface area contributed by atoms with E-state index in [0.717, 1.165) is 0 Å². The number of carbonyl (C=O) groups is 1. The second-order valence-corrected chi connectivity index (χ2v) is 7.51. The molecule has 0 aliphatic carbocycles. The van der Waals surface area contributed by atoms with Crippen LogP contribution in [-0.2, 0) is 19.0 Å². The molecule has 0 bridgehead atoms. The average Bonchev–Trinajstić information content (AvgIpc) is 2.82. The molecule has 11 nitrogen and oxygen atoms in total. The summed E-state index contributed by atoms with van der Waals surface area (Å²) >= 11 is 0. The van der Waals surface area contributed by atoms with Crippen molar-refractivity contribution in [3.8, 4) is 12.3 Å². The molecule has 2 heterocycles. The first-order chi connectivity index (χ1) is 14.2. The third-order valence-electron chi connectivity index (χ3n) is 5.29. The van der Waals surface area contributed by atoms with Gasteiger partial charge in [-0.1, -0.05) is 0 Å². The van der Waals surface area contributed by atoms with E-state index < -0.39 is 74.4 Å². The predicted octanol–water partition coefficient (Wildman–Crippen LogP) is -3.58. The van der Waals surface area contributed by atoms with Crippen LogP contribution < -0.4 is 0 Å². The molecule has 172 valence electrons. The summed E-state index contributed by atoms with van der Waals surface area (Å²) < 4.78 is 16.4. The molecule has 6 unspecified atom stereocenters. The lowest BCUT2D eigenvalue weighted by Gasteiger charge is -2.43. The summed E-state index contributed by atoms with van der Waals surface area (Å²) in [6.07, 6.45) is -9.04. The summed E-state index contributed by atoms with van der Waals surface area (Å²) in [6, 6.07) is 0. The zero-order valence-corrected chi connectivity index (χ0v) is 16.4. The molecule has 0 radical (unpaired) electrons. The van der Waals surface area contributed by atoms with Crippen LogP contribution in [0.2, 0.25) is 0 Å². The maximum Gasteiger partial charge on any atom is 0.184 e. The number of Topliss-reactive ketones (excluding diaryl/α,β-unsaturated/α-hetero) is 1. The van der Waals surface area contributed by atoms with Crippen molar-refractivity contribution in [1.82, 2.24) is 0 Å². The van der Waals surface area contributed by atoms with Gasteiger partial charge in [-0.25, -0.2) is 0 Å². The van der Waals surface area contributed by atoms with Crippen LogP contribution in [-0.4, -0.2) is 116 Å². The fourth-order valence-electron chi connectivity index (χ4n) is 3.56. The van der Waals surface area contributed by atoms with Crippen LogP contribution in [0.1, 0.15) is 25.7 Å². The van der Waals surface area contributed by atoms with E-state index in [4.69, 9.17) is 20.6 Å². The quantitative estimate of drug-likeness (QED) is 0.187. The molecule has 11 heteroatoms. The maximum atomic E-state index is 11.9. The summed E-state index contributed by atoms with van der Waals surface area (Å²) in [4.78, 5) is 11.9. The summed E-state index contributed by atoms with van der Waals surface area (Å²) in [5.74, 6) is 2.05. The Hall–Kier alpha value is -1.17. The van der Waals surface area contributed by atoms with E-state index in [-0.39, 0.29) is 31.5 Å². The summed E-state index contributed by atoms with van der Waals surface area (Å²) in [7, 11) is 0. The van der Waals surface area contributed by atoms with Gasteiger partial charge in [-0.15, -0.1) is 12.3 Å². The molecule has 30 heavy (non-hydrogen) atoms. The van der Waals surface area contributed by atoms with Gasteiger partial charge in [-0.2, -0.15) is 0 Å². The third kappa shape index (κ3) is 5.95. The van der Waals surface area contributed by atoms with Crippen molar-refractivity contribution in [3.63, 3.8) is 0 Å². The Labute approximate surface area is 173 Å². The van der Waals surface area contributed by atoms with Crippen LogP contribution in [0.3, 0.4) is 0 Å². The number of carbonyl (C=O) groups excluding carboxylic acids is 1. The molecule has 10 atom stereocenters. The first-order valence-corrected chi connectivity index (χ1v) is 9.77. The maximum absolute atomic E-state index is 11.9.